The zero-order valence-electron chi connectivity index (χ0n) is 20.7. The molecule has 1 fully saturated rings. The predicted octanol–water partition coefficient (Wildman–Crippen LogP) is 3.64. The van der Waals surface area contributed by atoms with E-state index in [1.54, 1.807) is 13.8 Å². The van der Waals surface area contributed by atoms with E-state index in [9.17, 15) is 18.0 Å². The Balaban J connectivity index is 1.60. The third-order valence-electron chi connectivity index (χ3n) is 6.88. The SMILES string of the molecule is CCN1CCc2c(sc(NC(=O)c3ccc(S(=O)(=O)N(CC)CC)cc3)c2C(=O)N2CCCC2)C1. The summed E-state index contributed by atoms with van der Waals surface area (Å²) in [7, 11) is -3.59. The van der Waals surface area contributed by atoms with Crippen LogP contribution in [0.3, 0.4) is 0 Å². The number of hydrogen-bond acceptors (Lipinski definition) is 6. The minimum Gasteiger partial charge on any atom is -0.339 e. The third kappa shape index (κ3) is 5.16. The molecule has 2 aromatic rings. The second kappa shape index (κ2) is 10.8. The lowest BCUT2D eigenvalue weighted by Crippen LogP contribution is -2.32. The molecule has 190 valence electrons. The van der Waals surface area contributed by atoms with Crippen LogP contribution in [0.25, 0.3) is 0 Å². The van der Waals surface area contributed by atoms with Crippen molar-refractivity contribution in [1.29, 1.82) is 0 Å². The lowest BCUT2D eigenvalue weighted by molar-refractivity contribution is 0.0792. The Bertz CT molecular complexity index is 1180. The van der Waals surface area contributed by atoms with Crippen molar-refractivity contribution in [2.24, 2.45) is 0 Å². The van der Waals surface area contributed by atoms with Crippen LogP contribution in [0.4, 0.5) is 5.00 Å². The third-order valence-corrected chi connectivity index (χ3v) is 10.1. The fraction of sp³-hybridized carbons (Fsp3) is 0.520. The summed E-state index contributed by atoms with van der Waals surface area (Å²) in [6.07, 6.45) is 2.81. The van der Waals surface area contributed by atoms with Crippen molar-refractivity contribution in [1.82, 2.24) is 14.1 Å². The molecule has 4 rings (SSSR count). The Morgan fingerprint density at radius 3 is 2.29 bits per heavy atom. The summed E-state index contributed by atoms with van der Waals surface area (Å²) >= 11 is 1.48. The Hall–Kier alpha value is -2.27. The van der Waals surface area contributed by atoms with Gasteiger partial charge in [-0.3, -0.25) is 14.5 Å². The molecule has 10 heteroatoms. The van der Waals surface area contributed by atoms with E-state index < -0.39 is 10.0 Å². The second-order valence-electron chi connectivity index (χ2n) is 8.89. The highest BCUT2D eigenvalue weighted by Crippen LogP contribution is 2.38. The predicted molar refractivity (Wildman–Crippen MR) is 139 cm³/mol. The molecule has 2 amide bonds. The van der Waals surface area contributed by atoms with Gasteiger partial charge in [0.15, 0.2) is 0 Å². The van der Waals surface area contributed by atoms with Gasteiger partial charge in [-0.25, -0.2) is 8.42 Å². The molecule has 1 saturated heterocycles. The number of hydrogen-bond donors (Lipinski definition) is 1. The molecule has 0 saturated carbocycles. The van der Waals surface area contributed by atoms with Crippen molar-refractivity contribution < 1.29 is 18.0 Å². The number of carbonyl (C=O) groups excluding carboxylic acids is 2. The van der Waals surface area contributed by atoms with Crippen LogP contribution in [0, 0.1) is 0 Å². The lowest BCUT2D eigenvalue weighted by Gasteiger charge is -2.26. The van der Waals surface area contributed by atoms with Crippen LogP contribution in [0.2, 0.25) is 0 Å². The number of rotatable bonds is 8. The minimum absolute atomic E-state index is 0.000845. The molecule has 2 aliphatic rings. The standard InChI is InChI=1S/C25H34N4O4S2/c1-4-27-16-13-20-21(17-27)34-24(22(20)25(31)28-14-7-8-15-28)26-23(30)18-9-11-19(12-10-18)35(32,33)29(5-2)6-3/h9-12H,4-8,13-17H2,1-3H3,(H,26,30). The zero-order valence-corrected chi connectivity index (χ0v) is 22.3. The molecule has 0 spiro atoms. The van der Waals surface area contributed by atoms with Gasteiger partial charge in [-0.1, -0.05) is 20.8 Å². The van der Waals surface area contributed by atoms with Crippen molar-refractivity contribution in [3.8, 4) is 0 Å². The average molecular weight is 519 g/mol. The summed E-state index contributed by atoms with van der Waals surface area (Å²) in [6.45, 7) is 10.6. The van der Waals surface area contributed by atoms with Gasteiger partial charge in [-0.05, 0) is 55.6 Å². The van der Waals surface area contributed by atoms with Crippen molar-refractivity contribution >= 4 is 38.2 Å². The fourth-order valence-electron chi connectivity index (χ4n) is 4.79. The second-order valence-corrected chi connectivity index (χ2v) is 11.9. The van der Waals surface area contributed by atoms with E-state index in [-0.39, 0.29) is 16.7 Å². The van der Waals surface area contributed by atoms with E-state index in [2.05, 4.69) is 17.1 Å². The highest BCUT2D eigenvalue weighted by atomic mass is 32.2. The van der Waals surface area contributed by atoms with Gasteiger partial charge in [0, 0.05) is 49.7 Å². The van der Waals surface area contributed by atoms with Gasteiger partial charge in [0.1, 0.15) is 5.00 Å². The van der Waals surface area contributed by atoms with Crippen molar-refractivity contribution in [3.05, 3.63) is 45.8 Å². The van der Waals surface area contributed by atoms with Gasteiger partial charge in [-0.15, -0.1) is 11.3 Å². The topological polar surface area (TPSA) is 90.0 Å². The molecular weight excluding hydrogens is 484 g/mol. The summed E-state index contributed by atoms with van der Waals surface area (Å²) in [4.78, 5) is 32.1. The first kappa shape index (κ1) is 25.8. The average Bonchev–Trinajstić information content (AvgIpc) is 3.52. The normalized spacial score (nSPS) is 16.5. The maximum absolute atomic E-state index is 13.4. The van der Waals surface area contributed by atoms with E-state index in [0.29, 0.717) is 29.2 Å². The van der Waals surface area contributed by atoms with Crippen molar-refractivity contribution in [2.45, 2.75) is 51.5 Å². The molecule has 1 N–H and O–H groups in total. The number of thiophene rings is 1. The minimum atomic E-state index is -3.59. The number of fused-ring (bicyclic) bond motifs is 1. The smallest absolute Gasteiger partial charge is 0.257 e. The largest absolute Gasteiger partial charge is 0.339 e. The number of carbonyl (C=O) groups is 2. The van der Waals surface area contributed by atoms with Gasteiger partial charge in [0.2, 0.25) is 10.0 Å². The summed E-state index contributed by atoms with van der Waals surface area (Å²) in [5.41, 5.74) is 2.05. The molecule has 1 aromatic heterocycles. The van der Waals surface area contributed by atoms with Crippen LogP contribution in [0.5, 0.6) is 0 Å². The summed E-state index contributed by atoms with van der Waals surface area (Å²) < 4.78 is 26.9. The molecule has 8 nitrogen and oxygen atoms in total. The molecular formula is C25H34N4O4S2. The molecule has 1 aromatic carbocycles. The zero-order chi connectivity index (χ0) is 25.2. The van der Waals surface area contributed by atoms with E-state index >= 15 is 0 Å². The number of nitrogens with one attached hydrogen (secondary N) is 1. The van der Waals surface area contributed by atoms with Gasteiger partial charge < -0.3 is 10.2 Å². The van der Waals surface area contributed by atoms with Crippen LogP contribution >= 0.6 is 11.3 Å². The summed E-state index contributed by atoms with van der Waals surface area (Å²) in [5, 5.41) is 3.57. The first-order chi connectivity index (χ1) is 16.8. The molecule has 2 aliphatic heterocycles. The molecule has 0 bridgehead atoms. The highest BCUT2D eigenvalue weighted by Gasteiger charge is 2.32. The first-order valence-electron chi connectivity index (χ1n) is 12.4. The van der Waals surface area contributed by atoms with Crippen molar-refractivity contribution in [3.63, 3.8) is 0 Å². The molecule has 0 aliphatic carbocycles. The van der Waals surface area contributed by atoms with Gasteiger partial charge in [0.05, 0.1) is 10.5 Å². The molecule has 3 heterocycles. The number of sulfonamides is 1. The maximum atomic E-state index is 13.4. The van der Waals surface area contributed by atoms with Crippen molar-refractivity contribution in [2.75, 3.05) is 44.6 Å². The van der Waals surface area contributed by atoms with E-state index in [1.807, 2.05) is 4.90 Å². The molecule has 0 atom stereocenters. The van der Waals surface area contributed by atoms with Crippen LogP contribution in [0.1, 0.15) is 64.8 Å². The molecule has 0 unspecified atom stereocenters. The summed E-state index contributed by atoms with van der Waals surface area (Å²) in [6, 6.07) is 5.99. The number of anilines is 1. The van der Waals surface area contributed by atoms with E-state index in [0.717, 1.165) is 62.4 Å². The molecule has 0 radical (unpaired) electrons. The lowest BCUT2D eigenvalue weighted by atomic mass is 10.0. The van der Waals surface area contributed by atoms with Crippen LogP contribution in [-0.4, -0.2) is 73.6 Å². The van der Waals surface area contributed by atoms with Crippen LogP contribution < -0.4 is 5.32 Å². The van der Waals surface area contributed by atoms with Crippen LogP contribution in [0.15, 0.2) is 29.2 Å². The molecule has 35 heavy (non-hydrogen) atoms. The monoisotopic (exact) mass is 518 g/mol. The number of likely N-dealkylation sites (tertiary alicyclic amines) is 1. The van der Waals surface area contributed by atoms with E-state index in [1.165, 1.54) is 39.9 Å². The maximum Gasteiger partial charge on any atom is 0.257 e. The first-order valence-corrected chi connectivity index (χ1v) is 14.6. The number of nitrogens with zero attached hydrogens (tertiary/aromatic N) is 3. The Kier molecular flexibility index (Phi) is 7.95. The Morgan fingerprint density at radius 1 is 1.03 bits per heavy atom. The Morgan fingerprint density at radius 2 is 1.69 bits per heavy atom. The summed E-state index contributed by atoms with van der Waals surface area (Å²) in [5.74, 6) is -0.348. The number of likely N-dealkylation sites (N-methyl/N-ethyl adjacent to an activating group) is 1. The van der Waals surface area contributed by atoms with E-state index in [4.69, 9.17) is 0 Å². The van der Waals surface area contributed by atoms with Gasteiger partial charge in [0.25, 0.3) is 11.8 Å². The van der Waals surface area contributed by atoms with Gasteiger partial charge >= 0.3 is 0 Å². The Labute approximate surface area is 212 Å². The quantitative estimate of drug-likeness (QED) is 0.576. The van der Waals surface area contributed by atoms with Gasteiger partial charge in [-0.2, -0.15) is 4.31 Å². The number of benzene rings is 1. The van der Waals surface area contributed by atoms with Crippen LogP contribution in [-0.2, 0) is 23.0 Å². The number of amides is 2. The highest BCUT2D eigenvalue weighted by molar-refractivity contribution is 7.89. The fourth-order valence-corrected chi connectivity index (χ4v) is 7.52.